The molecule has 0 aliphatic rings. The van der Waals surface area contributed by atoms with Gasteiger partial charge in [0.25, 0.3) is 5.78 Å². The molecule has 1 aromatic rings. The van der Waals surface area contributed by atoms with Crippen LogP contribution in [0.1, 0.15) is 56.0 Å². The van der Waals surface area contributed by atoms with Crippen LogP contribution in [0.15, 0.2) is 42.5 Å². The van der Waals surface area contributed by atoms with Crippen molar-refractivity contribution in [1.82, 2.24) is 0 Å². The van der Waals surface area contributed by atoms with Gasteiger partial charge in [0.15, 0.2) is 0 Å². The number of carbonyl (C=O) groups excluding carboxylic acids is 2. The van der Waals surface area contributed by atoms with Gasteiger partial charge in [0, 0.05) is 5.56 Å². The van der Waals surface area contributed by atoms with Crippen LogP contribution in [0.5, 0.6) is 0 Å². The second-order valence-electron chi connectivity index (χ2n) is 6.04. The van der Waals surface area contributed by atoms with Gasteiger partial charge in [-0.1, -0.05) is 55.5 Å². The second-order valence-corrected chi connectivity index (χ2v) is 6.04. The highest BCUT2D eigenvalue weighted by Gasteiger charge is 2.17. The monoisotopic (exact) mass is 314 g/mol. The third-order valence-electron chi connectivity index (χ3n) is 3.65. The van der Waals surface area contributed by atoms with Crippen LogP contribution in [0.25, 0.3) is 6.08 Å². The van der Waals surface area contributed by atoms with E-state index in [1.54, 1.807) is 30.3 Å². The summed E-state index contributed by atoms with van der Waals surface area (Å²) in [4.78, 5) is 23.7. The van der Waals surface area contributed by atoms with Crippen molar-refractivity contribution in [3.63, 3.8) is 0 Å². The molecule has 1 aromatic carbocycles. The van der Waals surface area contributed by atoms with Crippen molar-refractivity contribution >= 4 is 17.8 Å². The number of hydrogen-bond acceptors (Lipinski definition) is 3. The molecule has 0 aliphatic carbocycles. The first-order valence-electron chi connectivity index (χ1n) is 8.01. The lowest BCUT2D eigenvalue weighted by Gasteiger charge is -2.10. The third kappa shape index (κ3) is 7.09. The lowest BCUT2D eigenvalue weighted by Crippen LogP contribution is -2.19. The molecule has 3 nitrogen and oxygen atoms in total. The molecule has 124 valence electrons. The molecule has 0 fully saturated rings. The molecule has 23 heavy (non-hydrogen) atoms. The Labute approximate surface area is 139 Å². The van der Waals surface area contributed by atoms with Crippen LogP contribution in [-0.2, 0) is 9.53 Å². The van der Waals surface area contributed by atoms with Crippen molar-refractivity contribution in [3.8, 4) is 0 Å². The Morgan fingerprint density at radius 1 is 1.17 bits per heavy atom. The van der Waals surface area contributed by atoms with E-state index in [1.807, 2.05) is 0 Å². The molecule has 1 atom stereocenters. The van der Waals surface area contributed by atoms with E-state index >= 15 is 0 Å². The minimum absolute atomic E-state index is 0.283. The Bertz CT molecular complexity index is 563. The van der Waals surface area contributed by atoms with Gasteiger partial charge in [-0.25, -0.2) is 4.79 Å². The maximum atomic E-state index is 12.0. The summed E-state index contributed by atoms with van der Waals surface area (Å²) < 4.78 is 5.09. The molecule has 0 aromatic heterocycles. The summed E-state index contributed by atoms with van der Waals surface area (Å²) in [5.41, 5.74) is 2.56. The number of carbonyl (C=O) groups is 2. The fourth-order valence-electron chi connectivity index (χ4n) is 2.11. The maximum Gasteiger partial charge on any atom is 0.379 e. The van der Waals surface area contributed by atoms with Crippen molar-refractivity contribution in [1.29, 1.82) is 0 Å². The summed E-state index contributed by atoms with van der Waals surface area (Å²) in [5.74, 6) is -0.925. The number of Topliss-reactive ketones (excluding diaryl/α,β-unsaturated/α-hetero) is 1. The van der Waals surface area contributed by atoms with Crippen LogP contribution in [0.3, 0.4) is 0 Å². The van der Waals surface area contributed by atoms with E-state index < -0.39 is 11.8 Å². The zero-order valence-corrected chi connectivity index (χ0v) is 14.3. The molecule has 0 bridgehead atoms. The van der Waals surface area contributed by atoms with Crippen LogP contribution in [-0.4, -0.2) is 18.4 Å². The van der Waals surface area contributed by atoms with Gasteiger partial charge in [-0.3, -0.25) is 4.79 Å². The largest absolute Gasteiger partial charge is 0.460 e. The molecule has 0 N–H and O–H groups in total. The van der Waals surface area contributed by atoms with Crippen LogP contribution in [0, 0.1) is 5.92 Å². The van der Waals surface area contributed by atoms with Crippen LogP contribution < -0.4 is 0 Å². The molecule has 1 unspecified atom stereocenters. The highest BCUT2D eigenvalue weighted by molar-refractivity contribution is 6.40. The highest BCUT2D eigenvalue weighted by atomic mass is 16.5. The van der Waals surface area contributed by atoms with Crippen molar-refractivity contribution in [2.75, 3.05) is 6.61 Å². The van der Waals surface area contributed by atoms with E-state index in [2.05, 4.69) is 33.4 Å². The predicted octanol–water partition coefficient (Wildman–Crippen LogP) is 4.83. The molecule has 0 amide bonds. The molecule has 0 saturated carbocycles. The molecule has 0 heterocycles. The number of allylic oxidation sites excluding steroid dienone is 2. The Kier molecular flexibility index (Phi) is 8.03. The normalized spacial score (nSPS) is 11.4. The van der Waals surface area contributed by atoms with Gasteiger partial charge in [-0.15, -0.1) is 0 Å². The Morgan fingerprint density at radius 2 is 1.83 bits per heavy atom. The molecule has 0 radical (unpaired) electrons. The van der Waals surface area contributed by atoms with Gasteiger partial charge in [-0.2, -0.15) is 0 Å². The van der Waals surface area contributed by atoms with Crippen molar-refractivity contribution in [3.05, 3.63) is 53.6 Å². The van der Waals surface area contributed by atoms with E-state index in [0.29, 0.717) is 11.5 Å². The van der Waals surface area contributed by atoms with E-state index in [9.17, 15) is 9.59 Å². The second kappa shape index (κ2) is 9.78. The quantitative estimate of drug-likeness (QED) is 0.284. The van der Waals surface area contributed by atoms with E-state index in [4.69, 9.17) is 4.74 Å². The van der Waals surface area contributed by atoms with E-state index in [0.717, 1.165) is 24.8 Å². The Hall–Kier alpha value is -2.16. The van der Waals surface area contributed by atoms with Gasteiger partial charge in [-0.05, 0) is 44.6 Å². The summed E-state index contributed by atoms with van der Waals surface area (Å²) in [6.45, 7) is 10.2. The number of ketones is 1. The molecule has 0 spiro atoms. The van der Waals surface area contributed by atoms with Crippen molar-refractivity contribution < 1.29 is 14.3 Å². The lowest BCUT2D eigenvalue weighted by atomic mass is 10.0. The van der Waals surface area contributed by atoms with Gasteiger partial charge < -0.3 is 4.74 Å². The number of esters is 1. The highest BCUT2D eigenvalue weighted by Crippen LogP contribution is 2.12. The SMILES string of the molecule is C=Cc1ccc(C(=O)C(=O)OCCC(C)CCC=C(C)C)cc1. The summed E-state index contributed by atoms with van der Waals surface area (Å²) in [7, 11) is 0. The average Bonchev–Trinajstić information content (AvgIpc) is 2.53. The fourth-order valence-corrected chi connectivity index (χ4v) is 2.11. The molecule has 0 saturated heterocycles. The van der Waals surface area contributed by atoms with Crippen molar-refractivity contribution in [2.45, 2.75) is 40.0 Å². The first-order chi connectivity index (χ1) is 10.9. The summed E-state index contributed by atoms with van der Waals surface area (Å²) in [6, 6.07) is 6.73. The van der Waals surface area contributed by atoms with Crippen LogP contribution in [0.2, 0.25) is 0 Å². The predicted molar refractivity (Wildman–Crippen MR) is 94.3 cm³/mol. The Morgan fingerprint density at radius 3 is 2.39 bits per heavy atom. The third-order valence-corrected chi connectivity index (χ3v) is 3.65. The maximum absolute atomic E-state index is 12.0. The average molecular weight is 314 g/mol. The van der Waals surface area contributed by atoms with Crippen molar-refractivity contribution in [2.24, 2.45) is 5.92 Å². The molecule has 3 heteroatoms. The van der Waals surface area contributed by atoms with Crippen LogP contribution >= 0.6 is 0 Å². The standard InChI is InChI=1S/C20H26O3/c1-5-17-9-11-18(12-10-17)19(21)20(22)23-14-13-16(4)8-6-7-15(2)3/h5,7,9-12,16H,1,6,8,13-14H2,2-4H3. The number of hydrogen-bond donors (Lipinski definition) is 0. The Balaban J connectivity index is 2.36. The smallest absolute Gasteiger partial charge is 0.379 e. The molecule has 0 aliphatic heterocycles. The first-order valence-corrected chi connectivity index (χ1v) is 8.01. The fraction of sp³-hybridized carbons (Fsp3) is 0.400. The lowest BCUT2D eigenvalue weighted by molar-refractivity contribution is -0.138. The van der Waals surface area contributed by atoms with Gasteiger partial charge in [0.1, 0.15) is 0 Å². The zero-order chi connectivity index (χ0) is 17.2. The minimum Gasteiger partial charge on any atom is -0.460 e. The minimum atomic E-state index is -0.784. The van der Waals surface area contributed by atoms with Gasteiger partial charge >= 0.3 is 5.97 Å². The zero-order valence-electron chi connectivity index (χ0n) is 14.3. The molecule has 1 rings (SSSR count). The van der Waals surface area contributed by atoms with E-state index in [-0.39, 0.29) is 6.61 Å². The molecular weight excluding hydrogens is 288 g/mol. The first kappa shape index (κ1) is 18.9. The number of benzene rings is 1. The van der Waals surface area contributed by atoms with Crippen LogP contribution in [0.4, 0.5) is 0 Å². The van der Waals surface area contributed by atoms with Gasteiger partial charge in [0.2, 0.25) is 0 Å². The summed E-state index contributed by atoms with van der Waals surface area (Å²) >= 11 is 0. The number of ether oxygens (including phenoxy) is 1. The van der Waals surface area contributed by atoms with E-state index in [1.165, 1.54) is 5.57 Å². The molecular formula is C20H26O3. The summed E-state index contributed by atoms with van der Waals surface area (Å²) in [6.07, 6.45) is 6.75. The number of rotatable bonds is 9. The topological polar surface area (TPSA) is 43.4 Å². The van der Waals surface area contributed by atoms with Gasteiger partial charge in [0.05, 0.1) is 6.61 Å². The summed E-state index contributed by atoms with van der Waals surface area (Å²) in [5, 5.41) is 0.